The van der Waals surface area contributed by atoms with Gasteiger partial charge in [-0.3, -0.25) is 0 Å². The predicted octanol–water partition coefficient (Wildman–Crippen LogP) is 3.28. The highest BCUT2D eigenvalue weighted by Crippen LogP contribution is 2.32. The summed E-state index contributed by atoms with van der Waals surface area (Å²) < 4.78 is 12.3. The maximum absolute atomic E-state index is 5.65. The number of hydrogen-bond acceptors (Lipinski definition) is 5. The van der Waals surface area contributed by atoms with E-state index in [0.29, 0.717) is 25.5 Å². The monoisotopic (exact) mass is 389 g/mol. The Balaban J connectivity index is 2.05. The molecule has 0 amide bonds. The molecular weight excluding hydrogens is 378 g/mol. The first kappa shape index (κ1) is 14.5. The van der Waals surface area contributed by atoms with Crippen molar-refractivity contribution in [2.24, 2.45) is 0 Å². The second kappa shape index (κ2) is 7.02. The average Bonchev–Trinajstić information content (AvgIpc) is 2.86. The topological polar surface area (TPSA) is 60.2 Å². The minimum Gasteiger partial charge on any atom is -0.492 e. The summed E-state index contributed by atoms with van der Waals surface area (Å²) in [7, 11) is 0. The van der Waals surface area contributed by atoms with Gasteiger partial charge in [-0.15, -0.1) is 0 Å². The fraction of sp³-hybridized carbons (Fsp3) is 0.333. The summed E-state index contributed by atoms with van der Waals surface area (Å²) in [5.41, 5.74) is 1.06. The van der Waals surface area contributed by atoms with Crippen LogP contribution < -0.4 is 10.1 Å². The molecule has 5 nitrogen and oxygen atoms in total. The summed E-state index contributed by atoms with van der Waals surface area (Å²) in [6, 6.07) is 3.99. The molecule has 0 atom stereocenters. The van der Waals surface area contributed by atoms with E-state index in [1.165, 1.54) is 6.39 Å². The lowest BCUT2D eigenvalue weighted by Crippen LogP contribution is -2.14. The molecule has 102 valence electrons. The van der Waals surface area contributed by atoms with Crippen LogP contribution in [0.5, 0.6) is 5.75 Å². The van der Waals surface area contributed by atoms with Gasteiger partial charge in [0.2, 0.25) is 6.39 Å². The summed E-state index contributed by atoms with van der Waals surface area (Å²) in [5.74, 6) is 1.48. The minimum atomic E-state index is 0.548. The van der Waals surface area contributed by atoms with Crippen molar-refractivity contribution in [1.82, 2.24) is 15.5 Å². The highest BCUT2D eigenvalue weighted by molar-refractivity contribution is 9.11. The van der Waals surface area contributed by atoms with E-state index in [1.807, 2.05) is 19.1 Å². The number of rotatable bonds is 6. The second-order valence-electron chi connectivity index (χ2n) is 3.76. The van der Waals surface area contributed by atoms with Crippen molar-refractivity contribution in [3.63, 3.8) is 0 Å². The van der Waals surface area contributed by atoms with Gasteiger partial charge in [-0.2, -0.15) is 4.98 Å². The molecule has 0 aliphatic heterocycles. The highest BCUT2D eigenvalue weighted by atomic mass is 79.9. The van der Waals surface area contributed by atoms with Crippen molar-refractivity contribution in [2.45, 2.75) is 20.0 Å². The minimum absolute atomic E-state index is 0.548. The van der Waals surface area contributed by atoms with Crippen LogP contribution in [-0.4, -0.2) is 16.7 Å². The maximum atomic E-state index is 5.65. The molecule has 0 spiro atoms. The zero-order chi connectivity index (χ0) is 13.7. The highest BCUT2D eigenvalue weighted by Gasteiger charge is 2.10. The van der Waals surface area contributed by atoms with Crippen molar-refractivity contribution >= 4 is 31.9 Å². The summed E-state index contributed by atoms with van der Waals surface area (Å²) >= 11 is 6.98. The largest absolute Gasteiger partial charge is 0.492 e. The molecule has 1 aromatic heterocycles. The van der Waals surface area contributed by atoms with Gasteiger partial charge in [0, 0.05) is 16.6 Å². The van der Waals surface area contributed by atoms with Gasteiger partial charge in [-0.1, -0.05) is 21.1 Å². The molecule has 0 saturated carbocycles. The van der Waals surface area contributed by atoms with Gasteiger partial charge in [-0.25, -0.2) is 0 Å². The molecule has 0 saturated heterocycles. The molecule has 0 aliphatic carbocycles. The van der Waals surface area contributed by atoms with Gasteiger partial charge in [-0.05, 0) is 35.0 Å². The Kier molecular flexibility index (Phi) is 5.35. The molecule has 1 aromatic carbocycles. The van der Waals surface area contributed by atoms with Crippen LogP contribution >= 0.6 is 31.9 Å². The Morgan fingerprint density at radius 2 is 2.16 bits per heavy atom. The molecule has 1 N–H and O–H groups in total. The molecule has 19 heavy (non-hydrogen) atoms. The fourth-order valence-corrected chi connectivity index (χ4v) is 3.06. The number of nitrogens with one attached hydrogen (secondary N) is 1. The number of hydrogen-bond donors (Lipinski definition) is 1. The first-order valence-corrected chi connectivity index (χ1v) is 7.36. The third-order valence-corrected chi connectivity index (χ3v) is 3.43. The van der Waals surface area contributed by atoms with Crippen molar-refractivity contribution < 1.29 is 9.26 Å². The Labute approximate surface area is 128 Å². The van der Waals surface area contributed by atoms with Crippen molar-refractivity contribution in [2.75, 3.05) is 6.61 Å². The van der Waals surface area contributed by atoms with E-state index in [0.717, 1.165) is 20.3 Å². The summed E-state index contributed by atoms with van der Waals surface area (Å²) in [6.45, 7) is 3.79. The van der Waals surface area contributed by atoms with Gasteiger partial charge >= 0.3 is 0 Å². The first-order valence-electron chi connectivity index (χ1n) is 5.77. The number of benzene rings is 1. The third kappa shape index (κ3) is 4.02. The number of halogens is 2. The van der Waals surface area contributed by atoms with E-state index in [1.54, 1.807) is 0 Å². The zero-order valence-corrected chi connectivity index (χ0v) is 13.5. The molecular formula is C12H13Br2N3O2. The lowest BCUT2D eigenvalue weighted by atomic mass is 10.2. The van der Waals surface area contributed by atoms with E-state index in [9.17, 15) is 0 Å². The van der Waals surface area contributed by atoms with Gasteiger partial charge in [0.1, 0.15) is 5.75 Å². The number of ether oxygens (including phenoxy) is 1. The average molecular weight is 391 g/mol. The normalized spacial score (nSPS) is 10.7. The van der Waals surface area contributed by atoms with Crippen LogP contribution in [0.2, 0.25) is 0 Å². The van der Waals surface area contributed by atoms with Crippen LogP contribution in [0.1, 0.15) is 18.3 Å². The van der Waals surface area contributed by atoms with Crippen molar-refractivity contribution in [1.29, 1.82) is 0 Å². The predicted molar refractivity (Wildman–Crippen MR) is 77.9 cm³/mol. The standard InChI is InChI=1S/C12H13Br2N3O2/c1-2-18-12-8(3-9(13)4-10(12)14)5-15-6-11-16-7-19-17-11/h3-4,7,15H,2,5-6H2,1H3. The van der Waals surface area contributed by atoms with Crippen LogP contribution in [0, 0.1) is 0 Å². The van der Waals surface area contributed by atoms with E-state index in [-0.39, 0.29) is 0 Å². The SMILES string of the molecule is CCOc1c(Br)cc(Br)cc1CNCc1ncon1. The van der Waals surface area contributed by atoms with Gasteiger partial charge in [0.25, 0.3) is 0 Å². The molecule has 7 heteroatoms. The smallest absolute Gasteiger partial charge is 0.213 e. The quantitative estimate of drug-likeness (QED) is 0.819. The van der Waals surface area contributed by atoms with Crippen LogP contribution in [0.4, 0.5) is 0 Å². The van der Waals surface area contributed by atoms with Crippen LogP contribution in [-0.2, 0) is 13.1 Å². The molecule has 1 heterocycles. The van der Waals surface area contributed by atoms with Gasteiger partial charge < -0.3 is 14.6 Å². The molecule has 0 radical (unpaired) electrons. The third-order valence-electron chi connectivity index (χ3n) is 2.38. The lowest BCUT2D eigenvalue weighted by molar-refractivity contribution is 0.333. The Hall–Kier alpha value is -0.920. The second-order valence-corrected chi connectivity index (χ2v) is 5.53. The van der Waals surface area contributed by atoms with E-state index in [2.05, 4.69) is 51.8 Å². The Morgan fingerprint density at radius 1 is 1.32 bits per heavy atom. The van der Waals surface area contributed by atoms with Crippen molar-refractivity contribution in [3.05, 3.63) is 38.9 Å². The van der Waals surface area contributed by atoms with Crippen LogP contribution in [0.15, 0.2) is 32.0 Å². The first-order chi connectivity index (χ1) is 9.20. The van der Waals surface area contributed by atoms with E-state index < -0.39 is 0 Å². The molecule has 2 aromatic rings. The lowest BCUT2D eigenvalue weighted by Gasteiger charge is -2.13. The van der Waals surface area contributed by atoms with Crippen molar-refractivity contribution in [3.8, 4) is 5.75 Å². The van der Waals surface area contributed by atoms with Gasteiger partial charge in [0.15, 0.2) is 5.82 Å². The van der Waals surface area contributed by atoms with Crippen LogP contribution in [0.3, 0.4) is 0 Å². The maximum Gasteiger partial charge on any atom is 0.213 e. The fourth-order valence-electron chi connectivity index (χ4n) is 1.63. The number of nitrogens with zero attached hydrogens (tertiary/aromatic N) is 2. The number of aromatic nitrogens is 2. The summed E-state index contributed by atoms with van der Waals surface area (Å²) in [4.78, 5) is 3.95. The summed E-state index contributed by atoms with van der Waals surface area (Å²) in [5, 5.41) is 6.99. The van der Waals surface area contributed by atoms with E-state index >= 15 is 0 Å². The summed E-state index contributed by atoms with van der Waals surface area (Å²) in [6.07, 6.45) is 1.32. The molecule has 0 fully saturated rings. The molecule has 2 rings (SSSR count). The Bertz CT molecular complexity index is 532. The molecule has 0 aliphatic rings. The molecule has 0 unspecified atom stereocenters. The van der Waals surface area contributed by atoms with Gasteiger partial charge in [0.05, 0.1) is 17.6 Å². The van der Waals surface area contributed by atoms with Crippen LogP contribution in [0.25, 0.3) is 0 Å². The Morgan fingerprint density at radius 3 is 2.84 bits per heavy atom. The van der Waals surface area contributed by atoms with E-state index in [4.69, 9.17) is 4.74 Å². The zero-order valence-electron chi connectivity index (χ0n) is 10.3. The molecule has 0 bridgehead atoms.